The lowest BCUT2D eigenvalue weighted by Gasteiger charge is -2.11. The van der Waals surface area contributed by atoms with Crippen molar-refractivity contribution >= 4 is 21.9 Å². The monoisotopic (exact) mass is 284 g/mol. The van der Waals surface area contributed by atoms with E-state index < -0.39 is 0 Å². The van der Waals surface area contributed by atoms with E-state index in [2.05, 4.69) is 28.9 Å². The van der Waals surface area contributed by atoms with Crippen LogP contribution in [0, 0.1) is 5.92 Å². The molecular weight excluding hydrogens is 268 g/mol. The van der Waals surface area contributed by atoms with Crippen LogP contribution in [-0.4, -0.2) is 12.6 Å². The van der Waals surface area contributed by atoms with Crippen LogP contribution in [-0.2, 0) is 16.0 Å². The zero-order valence-electron chi connectivity index (χ0n) is 9.70. The Morgan fingerprint density at radius 2 is 2.12 bits per heavy atom. The highest BCUT2D eigenvalue weighted by molar-refractivity contribution is 9.10. The lowest BCUT2D eigenvalue weighted by Crippen LogP contribution is -2.11. The fraction of sp³-hybridized carbons (Fsp3) is 0.462. The summed E-state index contributed by atoms with van der Waals surface area (Å²) in [5.41, 5.74) is 1.24. The van der Waals surface area contributed by atoms with Crippen molar-refractivity contribution in [3.8, 4) is 0 Å². The quantitative estimate of drug-likeness (QED) is 0.773. The van der Waals surface area contributed by atoms with E-state index in [1.54, 1.807) is 0 Å². The van der Waals surface area contributed by atoms with Gasteiger partial charge in [0.15, 0.2) is 0 Å². The maximum atomic E-state index is 11.3. The van der Waals surface area contributed by atoms with Crippen LogP contribution in [0.3, 0.4) is 0 Å². The molecule has 0 saturated heterocycles. The predicted molar refractivity (Wildman–Crippen MR) is 68.3 cm³/mol. The number of benzene rings is 1. The molecule has 88 valence electrons. The zero-order valence-corrected chi connectivity index (χ0v) is 11.3. The molecule has 1 aromatic carbocycles. The molecule has 0 amide bonds. The Labute approximate surface area is 105 Å². The standard InChI is InChI=1S/C13H17BrO2/c1-3-16-13(15)9-10(2)8-11-6-4-5-7-12(11)14/h4-7,10H,3,8-9H2,1-2H3. The highest BCUT2D eigenvalue weighted by Gasteiger charge is 2.11. The van der Waals surface area contributed by atoms with Crippen molar-refractivity contribution in [2.45, 2.75) is 26.7 Å². The summed E-state index contributed by atoms with van der Waals surface area (Å²) in [6, 6.07) is 8.10. The average molecular weight is 285 g/mol. The molecule has 0 aliphatic heterocycles. The number of ether oxygens (including phenoxy) is 1. The molecule has 0 radical (unpaired) electrons. The van der Waals surface area contributed by atoms with Gasteiger partial charge in [-0.3, -0.25) is 4.79 Å². The molecular formula is C13H17BrO2. The average Bonchev–Trinajstić information content (AvgIpc) is 2.21. The molecule has 3 heteroatoms. The minimum Gasteiger partial charge on any atom is -0.466 e. The third kappa shape index (κ3) is 4.35. The summed E-state index contributed by atoms with van der Waals surface area (Å²) in [5.74, 6) is 0.194. The third-order valence-electron chi connectivity index (χ3n) is 2.35. The van der Waals surface area contributed by atoms with E-state index in [0.29, 0.717) is 18.9 Å². The van der Waals surface area contributed by atoms with E-state index in [1.165, 1.54) is 5.56 Å². The molecule has 1 unspecified atom stereocenters. The van der Waals surface area contributed by atoms with Gasteiger partial charge < -0.3 is 4.74 Å². The number of carbonyl (C=O) groups excluding carboxylic acids is 1. The fourth-order valence-electron chi connectivity index (χ4n) is 1.62. The SMILES string of the molecule is CCOC(=O)CC(C)Cc1ccccc1Br. The van der Waals surface area contributed by atoms with Crippen molar-refractivity contribution in [3.63, 3.8) is 0 Å². The number of rotatable bonds is 5. The summed E-state index contributed by atoms with van der Waals surface area (Å²) in [5, 5.41) is 0. The first-order valence-electron chi connectivity index (χ1n) is 5.52. The van der Waals surface area contributed by atoms with Gasteiger partial charge in [-0.15, -0.1) is 0 Å². The molecule has 1 aromatic rings. The second kappa shape index (κ2) is 6.69. The molecule has 0 aliphatic rings. The molecule has 0 saturated carbocycles. The lowest BCUT2D eigenvalue weighted by molar-refractivity contribution is -0.144. The minimum absolute atomic E-state index is 0.109. The summed E-state index contributed by atoms with van der Waals surface area (Å²) >= 11 is 3.51. The van der Waals surface area contributed by atoms with Crippen LogP contribution in [0.25, 0.3) is 0 Å². The van der Waals surface area contributed by atoms with Gasteiger partial charge in [0.25, 0.3) is 0 Å². The Hall–Kier alpha value is -0.830. The summed E-state index contributed by atoms with van der Waals surface area (Å²) < 4.78 is 6.03. The number of esters is 1. The van der Waals surface area contributed by atoms with Gasteiger partial charge in [-0.1, -0.05) is 41.1 Å². The smallest absolute Gasteiger partial charge is 0.306 e. The topological polar surface area (TPSA) is 26.3 Å². The van der Waals surface area contributed by atoms with Crippen LogP contribution in [0.5, 0.6) is 0 Å². The van der Waals surface area contributed by atoms with Gasteiger partial charge in [0.1, 0.15) is 0 Å². The first kappa shape index (κ1) is 13.2. The number of halogens is 1. The predicted octanol–water partition coefficient (Wildman–Crippen LogP) is 3.58. The maximum Gasteiger partial charge on any atom is 0.306 e. The number of hydrogen-bond donors (Lipinski definition) is 0. The van der Waals surface area contributed by atoms with Crippen LogP contribution >= 0.6 is 15.9 Å². The van der Waals surface area contributed by atoms with Crippen LogP contribution in [0.1, 0.15) is 25.8 Å². The molecule has 0 fully saturated rings. The van der Waals surface area contributed by atoms with Gasteiger partial charge in [0.05, 0.1) is 6.61 Å². The maximum absolute atomic E-state index is 11.3. The van der Waals surface area contributed by atoms with Crippen molar-refractivity contribution in [1.29, 1.82) is 0 Å². The highest BCUT2D eigenvalue weighted by Crippen LogP contribution is 2.20. The third-order valence-corrected chi connectivity index (χ3v) is 3.12. The van der Waals surface area contributed by atoms with Gasteiger partial charge in [-0.2, -0.15) is 0 Å². The van der Waals surface area contributed by atoms with Crippen molar-refractivity contribution in [3.05, 3.63) is 34.3 Å². The largest absolute Gasteiger partial charge is 0.466 e. The van der Waals surface area contributed by atoms with Crippen molar-refractivity contribution < 1.29 is 9.53 Å². The molecule has 1 rings (SSSR count). The first-order chi connectivity index (χ1) is 7.63. The molecule has 2 nitrogen and oxygen atoms in total. The summed E-state index contributed by atoms with van der Waals surface area (Å²) in [7, 11) is 0. The molecule has 0 aromatic heterocycles. The summed E-state index contributed by atoms with van der Waals surface area (Å²) in [6.45, 7) is 4.35. The van der Waals surface area contributed by atoms with Crippen LogP contribution < -0.4 is 0 Å². The first-order valence-corrected chi connectivity index (χ1v) is 6.31. The summed E-state index contributed by atoms with van der Waals surface area (Å²) in [6.07, 6.45) is 1.37. The van der Waals surface area contributed by atoms with Crippen LogP contribution in [0.2, 0.25) is 0 Å². The van der Waals surface area contributed by atoms with Gasteiger partial charge in [-0.05, 0) is 30.9 Å². The molecule has 0 spiro atoms. The fourth-order valence-corrected chi connectivity index (χ4v) is 2.06. The van der Waals surface area contributed by atoms with E-state index in [-0.39, 0.29) is 5.97 Å². The summed E-state index contributed by atoms with van der Waals surface area (Å²) in [4.78, 5) is 11.3. The van der Waals surface area contributed by atoms with Gasteiger partial charge in [0.2, 0.25) is 0 Å². The Kier molecular flexibility index (Phi) is 5.53. The molecule has 0 N–H and O–H groups in total. The van der Waals surface area contributed by atoms with Crippen LogP contribution in [0.15, 0.2) is 28.7 Å². The van der Waals surface area contributed by atoms with E-state index in [1.807, 2.05) is 25.1 Å². The van der Waals surface area contributed by atoms with Gasteiger partial charge in [0, 0.05) is 10.9 Å². The van der Waals surface area contributed by atoms with Crippen LogP contribution in [0.4, 0.5) is 0 Å². The van der Waals surface area contributed by atoms with E-state index in [0.717, 1.165) is 10.9 Å². The van der Waals surface area contributed by atoms with Crippen molar-refractivity contribution in [2.75, 3.05) is 6.61 Å². The minimum atomic E-state index is -0.109. The van der Waals surface area contributed by atoms with Gasteiger partial charge in [-0.25, -0.2) is 0 Å². The zero-order chi connectivity index (χ0) is 12.0. The molecule has 0 aliphatic carbocycles. The highest BCUT2D eigenvalue weighted by atomic mass is 79.9. The number of carbonyl (C=O) groups is 1. The van der Waals surface area contributed by atoms with E-state index in [9.17, 15) is 4.79 Å². The Balaban J connectivity index is 2.48. The van der Waals surface area contributed by atoms with E-state index in [4.69, 9.17) is 4.74 Å². The Bertz CT molecular complexity index is 350. The van der Waals surface area contributed by atoms with E-state index >= 15 is 0 Å². The Morgan fingerprint density at radius 3 is 2.75 bits per heavy atom. The second-order valence-corrected chi connectivity index (χ2v) is 4.76. The molecule has 0 bridgehead atoms. The molecule has 16 heavy (non-hydrogen) atoms. The molecule has 1 atom stereocenters. The second-order valence-electron chi connectivity index (χ2n) is 3.91. The normalized spacial score (nSPS) is 12.2. The Morgan fingerprint density at radius 1 is 1.44 bits per heavy atom. The molecule has 0 heterocycles. The lowest BCUT2D eigenvalue weighted by atomic mass is 9.98. The van der Waals surface area contributed by atoms with Gasteiger partial charge >= 0.3 is 5.97 Å². The van der Waals surface area contributed by atoms with Crippen molar-refractivity contribution in [1.82, 2.24) is 0 Å². The van der Waals surface area contributed by atoms with Crippen molar-refractivity contribution in [2.24, 2.45) is 5.92 Å². The number of hydrogen-bond acceptors (Lipinski definition) is 2.